The minimum Gasteiger partial charge on any atom is -0.294 e. The molecule has 0 radical (unpaired) electrons. The second-order valence-corrected chi connectivity index (χ2v) is 8.22. The Kier molecular flexibility index (Phi) is 4.92. The van der Waals surface area contributed by atoms with Gasteiger partial charge in [-0.2, -0.15) is 0 Å². The third-order valence-electron chi connectivity index (χ3n) is 6.56. The van der Waals surface area contributed by atoms with Gasteiger partial charge in [-0.3, -0.25) is 4.79 Å². The predicted molar refractivity (Wildman–Crippen MR) is 106 cm³/mol. The summed E-state index contributed by atoms with van der Waals surface area (Å²) < 4.78 is 0. The molecular weight excluding hydrogens is 304 g/mol. The molecule has 25 heavy (non-hydrogen) atoms. The lowest BCUT2D eigenvalue weighted by molar-refractivity contribution is 0.0976. The average molecular weight is 335 g/mol. The largest absolute Gasteiger partial charge is 0.294 e. The molecular formula is C24H30O. The third-order valence-corrected chi connectivity index (χ3v) is 6.56. The molecule has 0 spiro atoms. The fraction of sp³-hybridized carbons (Fsp3) is 0.542. The zero-order valence-corrected chi connectivity index (χ0v) is 15.4. The van der Waals surface area contributed by atoms with Crippen LogP contribution in [-0.4, -0.2) is 5.78 Å². The van der Waals surface area contributed by atoms with E-state index >= 15 is 0 Å². The van der Waals surface area contributed by atoms with Crippen LogP contribution in [0.2, 0.25) is 0 Å². The van der Waals surface area contributed by atoms with Gasteiger partial charge in [0.25, 0.3) is 0 Å². The molecule has 0 bridgehead atoms. The molecule has 1 nitrogen and oxygen atoms in total. The lowest BCUT2D eigenvalue weighted by Gasteiger charge is -2.21. The molecule has 0 amide bonds. The number of fused-ring (bicyclic) bond motifs is 2. The van der Waals surface area contributed by atoms with E-state index in [0.29, 0.717) is 12.2 Å². The van der Waals surface area contributed by atoms with Gasteiger partial charge in [0, 0.05) is 12.0 Å². The fourth-order valence-electron chi connectivity index (χ4n) is 5.10. The van der Waals surface area contributed by atoms with Crippen molar-refractivity contribution in [3.63, 3.8) is 0 Å². The summed E-state index contributed by atoms with van der Waals surface area (Å²) in [7, 11) is 0. The topological polar surface area (TPSA) is 17.1 Å². The van der Waals surface area contributed by atoms with E-state index in [9.17, 15) is 4.79 Å². The summed E-state index contributed by atoms with van der Waals surface area (Å²) in [5.41, 5.74) is 7.63. The maximum Gasteiger partial charge on any atom is 0.162 e. The van der Waals surface area contributed by atoms with Crippen LogP contribution in [0.25, 0.3) is 11.1 Å². The summed E-state index contributed by atoms with van der Waals surface area (Å²) in [6.07, 6.45) is 14.8. The normalized spacial score (nSPS) is 20.6. The quantitative estimate of drug-likeness (QED) is 0.531. The van der Waals surface area contributed by atoms with Gasteiger partial charge in [0.05, 0.1) is 0 Å². The van der Waals surface area contributed by atoms with E-state index in [1.807, 2.05) is 6.07 Å². The predicted octanol–water partition coefficient (Wildman–Crippen LogP) is 6.97. The number of hydrogen-bond acceptors (Lipinski definition) is 1. The number of Topliss-reactive ketones (excluding diaryl/α,β-unsaturated/α-hetero) is 1. The van der Waals surface area contributed by atoms with Crippen molar-refractivity contribution in [2.45, 2.75) is 77.0 Å². The van der Waals surface area contributed by atoms with E-state index in [4.69, 9.17) is 0 Å². The van der Waals surface area contributed by atoms with Crippen molar-refractivity contribution in [2.75, 3.05) is 0 Å². The maximum atomic E-state index is 12.7. The van der Waals surface area contributed by atoms with Crippen LogP contribution >= 0.6 is 0 Å². The van der Waals surface area contributed by atoms with Crippen molar-refractivity contribution in [3.05, 3.63) is 47.0 Å². The van der Waals surface area contributed by atoms with Crippen molar-refractivity contribution in [3.8, 4) is 0 Å². The minimum absolute atomic E-state index is 0.328. The molecule has 3 aliphatic rings. The summed E-state index contributed by atoms with van der Waals surface area (Å²) >= 11 is 0. The fourth-order valence-corrected chi connectivity index (χ4v) is 5.10. The van der Waals surface area contributed by atoms with Crippen molar-refractivity contribution in [1.29, 1.82) is 0 Å². The highest BCUT2D eigenvalue weighted by atomic mass is 16.1. The Morgan fingerprint density at radius 3 is 2.52 bits per heavy atom. The monoisotopic (exact) mass is 334 g/mol. The van der Waals surface area contributed by atoms with E-state index in [-0.39, 0.29) is 0 Å². The molecule has 0 aliphatic heterocycles. The molecule has 1 heteroatoms. The number of benzene rings is 1. The first-order valence-electron chi connectivity index (χ1n) is 10.3. The number of ketones is 1. The van der Waals surface area contributed by atoms with Crippen LogP contribution in [0.5, 0.6) is 0 Å². The van der Waals surface area contributed by atoms with Gasteiger partial charge in [-0.15, -0.1) is 0 Å². The van der Waals surface area contributed by atoms with Crippen molar-refractivity contribution >= 4 is 16.9 Å². The van der Waals surface area contributed by atoms with Gasteiger partial charge in [-0.25, -0.2) is 0 Å². The van der Waals surface area contributed by atoms with Gasteiger partial charge in [-0.05, 0) is 71.9 Å². The van der Waals surface area contributed by atoms with Crippen LogP contribution in [0.3, 0.4) is 0 Å². The standard InChI is InChI=1S/C24H30O/c1-17-20-11-5-6-12-22(20)23-16-19(14-15-21(17)23)24(25)13-7-10-18-8-3-2-4-9-18/h14-16,18H,1-13H2. The van der Waals surface area contributed by atoms with E-state index in [0.717, 1.165) is 30.7 Å². The second-order valence-electron chi connectivity index (χ2n) is 8.22. The number of hydrogen-bond donors (Lipinski definition) is 0. The molecule has 1 saturated carbocycles. The number of rotatable bonds is 5. The van der Waals surface area contributed by atoms with E-state index in [1.54, 1.807) is 0 Å². The molecule has 0 heterocycles. The average Bonchev–Trinajstić information content (AvgIpc) is 2.95. The van der Waals surface area contributed by atoms with Gasteiger partial charge in [-0.1, -0.05) is 57.2 Å². The smallest absolute Gasteiger partial charge is 0.162 e. The van der Waals surface area contributed by atoms with Gasteiger partial charge in [0.15, 0.2) is 5.78 Å². The highest BCUT2D eigenvalue weighted by molar-refractivity contribution is 6.03. The zero-order valence-electron chi connectivity index (χ0n) is 15.4. The Labute approximate surface area is 152 Å². The third kappa shape index (κ3) is 3.38. The van der Waals surface area contributed by atoms with Crippen LogP contribution < -0.4 is 0 Å². The molecule has 1 aromatic rings. The van der Waals surface area contributed by atoms with Gasteiger partial charge >= 0.3 is 0 Å². The number of allylic oxidation sites excluding steroid dienone is 3. The molecule has 1 fully saturated rings. The molecule has 0 N–H and O–H groups in total. The lowest BCUT2D eigenvalue weighted by Crippen LogP contribution is -2.07. The molecule has 3 aliphatic carbocycles. The molecule has 132 valence electrons. The Balaban J connectivity index is 1.42. The van der Waals surface area contributed by atoms with Crippen molar-refractivity contribution in [1.82, 2.24) is 0 Å². The Hall–Kier alpha value is -1.63. The summed E-state index contributed by atoms with van der Waals surface area (Å²) in [6.45, 7) is 4.31. The minimum atomic E-state index is 0.328. The van der Waals surface area contributed by atoms with Gasteiger partial charge < -0.3 is 0 Å². The van der Waals surface area contributed by atoms with Gasteiger partial charge in [0.1, 0.15) is 0 Å². The van der Waals surface area contributed by atoms with E-state index in [1.165, 1.54) is 79.2 Å². The first-order valence-corrected chi connectivity index (χ1v) is 10.3. The van der Waals surface area contributed by atoms with Crippen LogP contribution in [0, 0.1) is 5.92 Å². The molecule has 0 unspecified atom stereocenters. The van der Waals surface area contributed by atoms with Crippen molar-refractivity contribution < 1.29 is 4.79 Å². The number of carbonyl (C=O) groups is 1. The molecule has 4 rings (SSSR count). The summed E-state index contributed by atoms with van der Waals surface area (Å²) in [6, 6.07) is 6.34. The van der Waals surface area contributed by atoms with Crippen LogP contribution in [-0.2, 0) is 0 Å². The summed E-state index contributed by atoms with van der Waals surface area (Å²) in [5, 5.41) is 0. The van der Waals surface area contributed by atoms with Crippen molar-refractivity contribution in [2.24, 2.45) is 5.92 Å². The molecule has 1 aromatic carbocycles. The Morgan fingerprint density at radius 2 is 1.72 bits per heavy atom. The molecule has 0 saturated heterocycles. The highest BCUT2D eigenvalue weighted by Gasteiger charge is 2.27. The van der Waals surface area contributed by atoms with E-state index < -0.39 is 0 Å². The number of carbonyl (C=O) groups excluding carboxylic acids is 1. The molecule has 0 atom stereocenters. The lowest BCUT2D eigenvalue weighted by atomic mass is 9.85. The second kappa shape index (κ2) is 7.32. The van der Waals surface area contributed by atoms with Gasteiger partial charge in [0.2, 0.25) is 0 Å². The zero-order chi connectivity index (χ0) is 17.2. The Morgan fingerprint density at radius 1 is 0.960 bits per heavy atom. The van der Waals surface area contributed by atoms with E-state index in [2.05, 4.69) is 18.7 Å². The first kappa shape index (κ1) is 16.8. The molecule has 0 aromatic heterocycles. The SMILES string of the molecule is C=C1C2=C(CCCC2)c2cc(C(=O)CCCC3CCCCC3)ccc21. The van der Waals surface area contributed by atoms with Crippen LogP contribution in [0.4, 0.5) is 0 Å². The maximum absolute atomic E-state index is 12.7. The van der Waals surface area contributed by atoms with Crippen LogP contribution in [0.15, 0.2) is 30.4 Å². The van der Waals surface area contributed by atoms with Crippen LogP contribution in [0.1, 0.15) is 98.5 Å². The summed E-state index contributed by atoms with van der Waals surface area (Å²) in [4.78, 5) is 12.7. The first-order chi connectivity index (χ1) is 12.2. The Bertz CT molecular complexity index is 716. The highest BCUT2D eigenvalue weighted by Crippen LogP contribution is 2.47. The summed E-state index contributed by atoms with van der Waals surface area (Å²) in [5.74, 6) is 1.20.